The summed E-state index contributed by atoms with van der Waals surface area (Å²) >= 11 is 0. The first-order valence-electron chi connectivity index (χ1n) is 20.9. The number of alkyl halides is 3. The molecule has 6 rings (SSSR count). The summed E-state index contributed by atoms with van der Waals surface area (Å²) in [5.41, 5.74) is -0.776. The first kappa shape index (κ1) is 47.7. The number of amides is 3. The first-order chi connectivity index (χ1) is 30.9. The van der Waals surface area contributed by atoms with Gasteiger partial charge in [0, 0.05) is 64.0 Å². The van der Waals surface area contributed by atoms with Crippen LogP contribution in [0.1, 0.15) is 30.0 Å². The van der Waals surface area contributed by atoms with Gasteiger partial charge in [-0.1, -0.05) is 6.07 Å². The molecule has 2 aliphatic heterocycles. The molecule has 346 valence electrons. The monoisotopic (exact) mass is 899 g/mol. The molecule has 64 heavy (non-hydrogen) atoms. The minimum Gasteiger partial charge on any atom is -0.378 e. The minimum absolute atomic E-state index is 0.0845. The van der Waals surface area contributed by atoms with E-state index in [4.69, 9.17) is 23.7 Å². The van der Waals surface area contributed by atoms with Crippen molar-refractivity contribution >= 4 is 45.8 Å². The van der Waals surface area contributed by atoms with Crippen molar-refractivity contribution in [3.05, 3.63) is 80.6 Å². The number of pyridine rings is 1. The number of hydrogen-bond acceptors (Lipinski definition) is 16. The molecule has 3 amide bonds. The van der Waals surface area contributed by atoms with E-state index in [9.17, 15) is 37.1 Å². The van der Waals surface area contributed by atoms with Gasteiger partial charge in [0.05, 0.1) is 89.1 Å². The normalized spacial score (nSPS) is 17.8. The quantitative estimate of drug-likeness (QED) is 0.0493. The van der Waals surface area contributed by atoms with Gasteiger partial charge in [-0.2, -0.15) is 13.2 Å². The highest BCUT2D eigenvalue weighted by Crippen LogP contribution is 2.37. The van der Waals surface area contributed by atoms with Gasteiger partial charge in [0.25, 0.3) is 10.9 Å². The van der Waals surface area contributed by atoms with E-state index >= 15 is 0 Å². The van der Waals surface area contributed by atoms with Crippen LogP contribution in [0.25, 0.3) is 10.9 Å². The van der Waals surface area contributed by atoms with Gasteiger partial charge in [-0.3, -0.25) is 29.0 Å². The molecule has 3 atom stereocenters. The van der Waals surface area contributed by atoms with Gasteiger partial charge in [-0.15, -0.1) is 0 Å². The van der Waals surface area contributed by atoms with Gasteiger partial charge in [-0.05, 0) is 36.2 Å². The van der Waals surface area contributed by atoms with Crippen LogP contribution in [0.4, 0.5) is 30.4 Å². The molecule has 4 aromatic rings. The van der Waals surface area contributed by atoms with Gasteiger partial charge in [0.1, 0.15) is 29.6 Å². The smallest absolute Gasteiger partial charge is 0.378 e. The third-order valence-electron chi connectivity index (χ3n) is 10.7. The van der Waals surface area contributed by atoms with Crippen LogP contribution in [0.3, 0.4) is 0 Å². The van der Waals surface area contributed by atoms with Crippen molar-refractivity contribution < 1.29 is 51.2 Å². The van der Waals surface area contributed by atoms with E-state index in [0.29, 0.717) is 84.5 Å². The molecule has 22 heteroatoms. The van der Waals surface area contributed by atoms with Gasteiger partial charge < -0.3 is 54.8 Å². The summed E-state index contributed by atoms with van der Waals surface area (Å²) in [6.45, 7) is 4.72. The van der Waals surface area contributed by atoms with E-state index in [0.717, 1.165) is 17.7 Å². The minimum atomic E-state index is -4.55. The second-order valence-electron chi connectivity index (χ2n) is 14.9. The maximum absolute atomic E-state index is 13.3. The zero-order valence-electron chi connectivity index (χ0n) is 35.3. The Morgan fingerprint density at radius 2 is 1.44 bits per heavy atom. The highest BCUT2D eigenvalue weighted by Gasteiger charge is 2.42. The van der Waals surface area contributed by atoms with E-state index < -0.39 is 34.6 Å². The van der Waals surface area contributed by atoms with Crippen molar-refractivity contribution in [2.45, 2.75) is 31.1 Å². The number of carbonyl (C=O) groups excluding carboxylic acids is 3. The molecule has 0 unspecified atom stereocenters. The summed E-state index contributed by atoms with van der Waals surface area (Å²) in [6, 6.07) is 5.72. The number of nitrogens with zero attached hydrogens (tertiary/aromatic N) is 5. The Morgan fingerprint density at radius 3 is 2.06 bits per heavy atom. The predicted octanol–water partition coefficient (Wildman–Crippen LogP) is 1.60. The molecule has 0 aliphatic carbocycles. The number of ether oxygens (including phenoxy) is 5. The summed E-state index contributed by atoms with van der Waals surface area (Å²) in [5.74, 6) is -0.931. The lowest BCUT2D eigenvalue weighted by molar-refractivity contribution is -0.137. The second-order valence-corrected chi connectivity index (χ2v) is 14.9. The maximum atomic E-state index is 13.3. The number of halogens is 3. The zero-order chi connectivity index (χ0) is 45.5. The highest BCUT2D eigenvalue weighted by atomic mass is 19.4. The summed E-state index contributed by atoms with van der Waals surface area (Å²) in [6.07, 6.45) is 0.519. The summed E-state index contributed by atoms with van der Waals surface area (Å²) < 4.78 is 67.5. The molecule has 2 aromatic carbocycles. The number of likely N-dealkylation sites (tertiary alicyclic amines) is 2. The van der Waals surface area contributed by atoms with Gasteiger partial charge >= 0.3 is 6.18 Å². The van der Waals surface area contributed by atoms with Gasteiger partial charge in [0.15, 0.2) is 0 Å². The Labute approximate surface area is 366 Å². The van der Waals surface area contributed by atoms with Crippen molar-refractivity contribution in [1.29, 1.82) is 0 Å². The fourth-order valence-electron chi connectivity index (χ4n) is 7.37. The second kappa shape index (κ2) is 23.2. The number of anilines is 3. The largest absolute Gasteiger partial charge is 0.416 e. The maximum Gasteiger partial charge on any atom is 0.416 e. The molecule has 2 aliphatic rings. The zero-order valence-corrected chi connectivity index (χ0v) is 35.3. The Kier molecular flexibility index (Phi) is 17.3. The third-order valence-corrected chi connectivity index (χ3v) is 10.7. The van der Waals surface area contributed by atoms with Crippen LogP contribution < -0.4 is 32.1 Å². The molecule has 0 bridgehead atoms. The molecule has 0 radical (unpaired) electrons. The average molecular weight is 900 g/mol. The van der Waals surface area contributed by atoms with E-state index in [2.05, 4.69) is 36.2 Å². The van der Waals surface area contributed by atoms with E-state index in [1.54, 1.807) is 35.3 Å². The van der Waals surface area contributed by atoms with Crippen LogP contribution in [-0.2, 0) is 44.2 Å². The lowest BCUT2D eigenvalue weighted by Crippen LogP contribution is -2.40. The number of carbonyl (C=O) groups is 3. The van der Waals surface area contributed by atoms with Crippen molar-refractivity contribution in [3.63, 3.8) is 0 Å². The standard InChI is InChI=1S/C42H52F3N9O10/c1-53-33(55)24-30(36(53)27-3-2-7-46-25-27)40(58)49-10-14-61-16-18-63-20-22-64-21-19-62-17-15-60-13-9-48-35-34(37(56)38(35)57)47-8-12-54-11-6-32(41(54)59)52-39-29-23-28(42(43,44)45)4-5-31(29)50-26-51-39/h2-5,7,23,25-26,30,32,36,47-48H,6,8-22,24H2,1H3,(H,49,58)(H,50,51,52)/t30-,32-,36+/m0/s1. The van der Waals surface area contributed by atoms with Crippen LogP contribution >= 0.6 is 0 Å². The van der Waals surface area contributed by atoms with Gasteiger partial charge in [-0.25, -0.2) is 9.97 Å². The van der Waals surface area contributed by atoms with Crippen molar-refractivity contribution in [1.82, 2.24) is 30.1 Å². The number of fused-ring (bicyclic) bond motifs is 1. The number of benzene rings is 1. The van der Waals surface area contributed by atoms with Crippen molar-refractivity contribution in [2.75, 3.05) is 122 Å². The number of rotatable bonds is 27. The summed E-state index contributed by atoms with van der Waals surface area (Å²) in [7, 11) is 1.70. The average Bonchev–Trinajstić information content (AvgIpc) is 3.79. The lowest BCUT2D eigenvalue weighted by Gasteiger charge is -2.24. The molecule has 2 saturated heterocycles. The number of hydrogen-bond donors (Lipinski definition) is 4. The molecular formula is C42H52F3N9O10. The lowest BCUT2D eigenvalue weighted by atomic mass is 9.94. The number of aromatic nitrogens is 3. The van der Waals surface area contributed by atoms with E-state index in [1.807, 2.05) is 6.07 Å². The number of nitrogens with one attached hydrogen (secondary N) is 4. The van der Waals surface area contributed by atoms with Crippen LogP contribution in [-0.4, -0.2) is 154 Å². The highest BCUT2D eigenvalue weighted by molar-refractivity contribution is 5.93. The molecule has 2 fully saturated rings. The predicted molar refractivity (Wildman–Crippen MR) is 226 cm³/mol. The SMILES string of the molecule is CN1C(=O)C[C@H](C(=O)NCCOCCOCCOCCOCCOCCNc2c(NCCN3CC[C@H](Nc4ncnc5ccc(C(F)(F)F)cc45)C3=O)c(=O)c2=O)[C@H]1c1cccnc1. The summed E-state index contributed by atoms with van der Waals surface area (Å²) in [4.78, 5) is 78.0. The van der Waals surface area contributed by atoms with Gasteiger partial charge in [0.2, 0.25) is 17.7 Å². The van der Waals surface area contributed by atoms with Crippen LogP contribution in [0.2, 0.25) is 0 Å². The molecule has 0 saturated carbocycles. The molecule has 19 nitrogen and oxygen atoms in total. The van der Waals surface area contributed by atoms with E-state index in [1.165, 1.54) is 12.4 Å². The molecule has 4 N–H and O–H groups in total. The summed E-state index contributed by atoms with van der Waals surface area (Å²) in [5, 5.41) is 11.8. The molecule has 2 aromatic heterocycles. The fraction of sp³-hybridized carbons (Fsp3) is 0.524. The fourth-order valence-corrected chi connectivity index (χ4v) is 7.37. The Morgan fingerprint density at radius 1 is 0.812 bits per heavy atom. The topological polar surface area (TPSA) is 225 Å². The Bertz CT molecular complexity index is 2250. The van der Waals surface area contributed by atoms with Crippen molar-refractivity contribution in [3.8, 4) is 0 Å². The molecule has 0 spiro atoms. The van der Waals surface area contributed by atoms with Crippen LogP contribution in [0.15, 0.2) is 58.6 Å². The van der Waals surface area contributed by atoms with Crippen LogP contribution in [0.5, 0.6) is 0 Å². The molecule has 4 heterocycles. The Balaban J connectivity index is 0.736. The third kappa shape index (κ3) is 12.7. The Hall–Kier alpha value is -5.81. The first-order valence-corrected chi connectivity index (χ1v) is 20.9. The van der Waals surface area contributed by atoms with Crippen molar-refractivity contribution in [2.24, 2.45) is 5.92 Å². The van der Waals surface area contributed by atoms with Crippen LogP contribution in [0, 0.1) is 5.92 Å². The molecular weight excluding hydrogens is 848 g/mol. The van der Waals surface area contributed by atoms with E-state index in [-0.39, 0.29) is 79.0 Å².